The second kappa shape index (κ2) is 8.92. The summed E-state index contributed by atoms with van der Waals surface area (Å²) >= 11 is 0. The van der Waals surface area contributed by atoms with Crippen molar-refractivity contribution in [2.24, 2.45) is 0 Å². The number of hydroxylamine groups is 1. The zero-order valence-electron chi connectivity index (χ0n) is 12.8. The number of amides is 1. The summed E-state index contributed by atoms with van der Waals surface area (Å²) in [7, 11) is 0. The topological polar surface area (TPSA) is 78.8 Å². The van der Waals surface area contributed by atoms with Crippen LogP contribution < -0.4 is 10.2 Å². The van der Waals surface area contributed by atoms with Crippen LogP contribution in [0.3, 0.4) is 0 Å². The fourth-order valence-corrected chi connectivity index (χ4v) is 2.23. The molecule has 0 heterocycles. The van der Waals surface area contributed by atoms with E-state index in [0.717, 1.165) is 11.3 Å². The van der Waals surface area contributed by atoms with Crippen LogP contribution >= 0.6 is 0 Å². The Morgan fingerprint density at radius 1 is 1.00 bits per heavy atom. The van der Waals surface area contributed by atoms with Gasteiger partial charge in [-0.05, 0) is 42.7 Å². The van der Waals surface area contributed by atoms with E-state index >= 15 is 0 Å². The first-order chi connectivity index (χ1) is 11.2. The molecule has 3 N–H and O–H groups in total. The molecule has 23 heavy (non-hydrogen) atoms. The number of carbonyl (C=O) groups excluding carboxylic acids is 1. The van der Waals surface area contributed by atoms with E-state index in [1.165, 1.54) is 0 Å². The summed E-state index contributed by atoms with van der Waals surface area (Å²) in [6, 6.07) is 16.8. The van der Waals surface area contributed by atoms with Crippen molar-refractivity contribution in [2.75, 3.05) is 0 Å². The summed E-state index contributed by atoms with van der Waals surface area (Å²) in [6.45, 7) is 0. The molecule has 2 aromatic carbocycles. The number of aliphatic hydroxyl groups is 1. The van der Waals surface area contributed by atoms with Crippen molar-refractivity contribution in [1.29, 1.82) is 0 Å². The maximum absolute atomic E-state index is 10.9. The second-order valence-electron chi connectivity index (χ2n) is 5.28. The number of benzene rings is 2. The average Bonchev–Trinajstić information content (AvgIpc) is 2.60. The molecule has 0 aliphatic rings. The quantitative estimate of drug-likeness (QED) is 0.395. The highest BCUT2D eigenvalue weighted by Gasteiger charge is 2.08. The van der Waals surface area contributed by atoms with Crippen molar-refractivity contribution in [1.82, 2.24) is 5.48 Å². The summed E-state index contributed by atoms with van der Waals surface area (Å²) in [5.41, 5.74) is 2.41. The van der Waals surface area contributed by atoms with Crippen molar-refractivity contribution >= 4 is 5.91 Å². The lowest BCUT2D eigenvalue weighted by Gasteiger charge is -2.12. The van der Waals surface area contributed by atoms with Crippen molar-refractivity contribution < 1.29 is 19.8 Å². The smallest absolute Gasteiger partial charge is 0.243 e. The molecule has 0 bridgehead atoms. The first kappa shape index (κ1) is 17.0. The molecular formula is C18H21NO4. The summed E-state index contributed by atoms with van der Waals surface area (Å²) in [5.74, 6) is 1.08. The molecule has 122 valence electrons. The first-order valence-electron chi connectivity index (χ1n) is 7.63. The van der Waals surface area contributed by atoms with E-state index in [9.17, 15) is 9.90 Å². The van der Waals surface area contributed by atoms with Gasteiger partial charge in [0.15, 0.2) is 0 Å². The number of unbranched alkanes of at least 4 members (excludes halogenated alkanes) is 1. The van der Waals surface area contributed by atoms with E-state index in [2.05, 4.69) is 0 Å². The lowest BCUT2D eigenvalue weighted by atomic mass is 10.0. The Morgan fingerprint density at radius 2 is 1.65 bits per heavy atom. The van der Waals surface area contributed by atoms with E-state index in [4.69, 9.17) is 9.94 Å². The molecule has 1 unspecified atom stereocenters. The van der Waals surface area contributed by atoms with Crippen molar-refractivity contribution in [3.05, 3.63) is 60.2 Å². The third-order valence-corrected chi connectivity index (χ3v) is 3.50. The molecule has 0 saturated carbocycles. The number of nitrogens with one attached hydrogen (secondary N) is 1. The molecule has 0 aromatic heterocycles. The minimum absolute atomic E-state index is 0.257. The van der Waals surface area contributed by atoms with Crippen LogP contribution in [0.5, 0.6) is 11.5 Å². The van der Waals surface area contributed by atoms with Crippen LogP contribution in [0.25, 0.3) is 0 Å². The van der Waals surface area contributed by atoms with Gasteiger partial charge in [-0.1, -0.05) is 36.8 Å². The molecule has 0 fully saturated rings. The zero-order valence-corrected chi connectivity index (χ0v) is 12.8. The Labute approximate surface area is 135 Å². The molecule has 0 radical (unpaired) electrons. The van der Waals surface area contributed by atoms with Gasteiger partial charge in [-0.15, -0.1) is 0 Å². The first-order valence-corrected chi connectivity index (χ1v) is 7.63. The van der Waals surface area contributed by atoms with E-state index in [1.54, 1.807) is 5.48 Å². The Kier molecular flexibility index (Phi) is 6.59. The lowest BCUT2D eigenvalue weighted by molar-refractivity contribution is -0.129. The standard InChI is InChI=1S/C18H21NO4/c20-17(8-4-5-9-18(21)19-22)14-10-12-16(13-11-14)23-15-6-2-1-3-7-15/h1-3,6-7,10-13,17,20,22H,4-5,8-9H2,(H,19,21). The van der Waals surface area contributed by atoms with Gasteiger partial charge in [-0.2, -0.15) is 0 Å². The SMILES string of the molecule is O=C(CCCCC(O)c1ccc(Oc2ccccc2)cc1)NO. The number of rotatable bonds is 8. The number of hydrogen-bond donors (Lipinski definition) is 3. The number of para-hydroxylation sites is 1. The highest BCUT2D eigenvalue weighted by atomic mass is 16.5. The molecule has 0 saturated heterocycles. The minimum Gasteiger partial charge on any atom is -0.457 e. The monoisotopic (exact) mass is 315 g/mol. The number of ether oxygens (including phenoxy) is 1. The molecule has 0 spiro atoms. The second-order valence-corrected chi connectivity index (χ2v) is 5.28. The van der Waals surface area contributed by atoms with Gasteiger partial charge >= 0.3 is 0 Å². The van der Waals surface area contributed by atoms with Gasteiger partial charge in [0, 0.05) is 6.42 Å². The molecule has 0 aliphatic heterocycles. The highest BCUT2D eigenvalue weighted by Crippen LogP contribution is 2.25. The normalized spacial score (nSPS) is 11.7. The molecule has 1 atom stereocenters. The maximum Gasteiger partial charge on any atom is 0.243 e. The number of carbonyl (C=O) groups is 1. The molecule has 2 aromatic rings. The minimum atomic E-state index is -0.571. The molecule has 5 heteroatoms. The average molecular weight is 315 g/mol. The van der Waals surface area contributed by atoms with E-state index in [-0.39, 0.29) is 6.42 Å². The predicted octanol–water partition coefficient (Wildman–Crippen LogP) is 3.58. The Morgan fingerprint density at radius 3 is 2.30 bits per heavy atom. The van der Waals surface area contributed by atoms with Gasteiger partial charge in [0.25, 0.3) is 0 Å². The van der Waals surface area contributed by atoms with E-state index in [0.29, 0.717) is 25.0 Å². The summed E-state index contributed by atoms with van der Waals surface area (Å²) < 4.78 is 5.70. The van der Waals surface area contributed by atoms with E-state index in [1.807, 2.05) is 54.6 Å². The summed E-state index contributed by atoms with van der Waals surface area (Å²) in [6.07, 6.45) is 1.58. The van der Waals surface area contributed by atoms with Crippen molar-refractivity contribution in [3.63, 3.8) is 0 Å². The highest BCUT2D eigenvalue weighted by molar-refractivity contribution is 5.74. The van der Waals surface area contributed by atoms with Crippen LogP contribution in [0.2, 0.25) is 0 Å². The predicted molar refractivity (Wildman–Crippen MR) is 86.3 cm³/mol. The third-order valence-electron chi connectivity index (χ3n) is 3.50. The molecule has 1 amide bonds. The van der Waals surface area contributed by atoms with E-state index < -0.39 is 12.0 Å². The number of hydrogen-bond acceptors (Lipinski definition) is 4. The van der Waals surface area contributed by atoms with Gasteiger partial charge < -0.3 is 9.84 Å². The maximum atomic E-state index is 10.9. The van der Waals surface area contributed by atoms with Crippen LogP contribution in [-0.2, 0) is 4.79 Å². The fraction of sp³-hybridized carbons (Fsp3) is 0.278. The third kappa shape index (κ3) is 5.73. The summed E-state index contributed by atoms with van der Waals surface area (Å²) in [4.78, 5) is 10.9. The van der Waals surface area contributed by atoms with Gasteiger partial charge in [-0.25, -0.2) is 5.48 Å². The van der Waals surface area contributed by atoms with Crippen LogP contribution in [-0.4, -0.2) is 16.2 Å². The van der Waals surface area contributed by atoms with Gasteiger partial charge in [0.05, 0.1) is 6.10 Å². The van der Waals surface area contributed by atoms with Gasteiger partial charge in [0.1, 0.15) is 11.5 Å². The van der Waals surface area contributed by atoms with Crippen LogP contribution in [0.15, 0.2) is 54.6 Å². The lowest BCUT2D eigenvalue weighted by Crippen LogP contribution is -2.17. The fourth-order valence-electron chi connectivity index (χ4n) is 2.23. The van der Waals surface area contributed by atoms with Gasteiger partial charge in [-0.3, -0.25) is 10.0 Å². The van der Waals surface area contributed by atoms with Crippen LogP contribution in [0, 0.1) is 0 Å². The largest absolute Gasteiger partial charge is 0.457 e. The molecule has 5 nitrogen and oxygen atoms in total. The Bertz CT molecular complexity index is 598. The van der Waals surface area contributed by atoms with Gasteiger partial charge in [0.2, 0.25) is 5.91 Å². The molecule has 2 rings (SSSR count). The van der Waals surface area contributed by atoms with Crippen molar-refractivity contribution in [3.8, 4) is 11.5 Å². The zero-order chi connectivity index (χ0) is 16.5. The molecular weight excluding hydrogens is 294 g/mol. The Balaban J connectivity index is 1.80. The Hall–Kier alpha value is -2.37. The molecule has 0 aliphatic carbocycles. The van der Waals surface area contributed by atoms with Crippen LogP contribution in [0.1, 0.15) is 37.4 Å². The van der Waals surface area contributed by atoms with Crippen molar-refractivity contribution in [2.45, 2.75) is 31.8 Å². The number of aliphatic hydroxyl groups excluding tert-OH is 1. The summed E-state index contributed by atoms with van der Waals surface area (Å²) in [5, 5.41) is 18.5. The van der Waals surface area contributed by atoms with Crippen LogP contribution in [0.4, 0.5) is 0 Å².